The van der Waals surface area contributed by atoms with Crippen LogP contribution in [0, 0.1) is 0 Å². The van der Waals surface area contributed by atoms with E-state index in [9.17, 15) is 4.79 Å². The van der Waals surface area contributed by atoms with Crippen LogP contribution in [0.2, 0.25) is 0 Å². The van der Waals surface area contributed by atoms with E-state index in [1.807, 2.05) is 30.3 Å². The quantitative estimate of drug-likeness (QED) is 0.691. The van der Waals surface area contributed by atoms with Crippen LogP contribution in [-0.4, -0.2) is 20.2 Å². The van der Waals surface area contributed by atoms with Crippen molar-refractivity contribution in [3.63, 3.8) is 0 Å². The molecule has 0 bridgehead atoms. The van der Waals surface area contributed by atoms with Gasteiger partial charge < -0.3 is 15.2 Å². The summed E-state index contributed by atoms with van der Waals surface area (Å²) < 4.78 is 9.89. The molecule has 0 amide bonds. The highest BCUT2D eigenvalue weighted by atomic mass is 32.2. The molecule has 0 atom stereocenters. The number of hydrogen-bond acceptors (Lipinski definition) is 5. The number of esters is 1. The van der Waals surface area contributed by atoms with E-state index in [4.69, 9.17) is 15.2 Å². The largest absolute Gasteiger partial charge is 0.497 e. The number of anilines is 1. The zero-order chi connectivity index (χ0) is 14.5. The van der Waals surface area contributed by atoms with Gasteiger partial charge in [-0.25, -0.2) is 4.79 Å². The zero-order valence-corrected chi connectivity index (χ0v) is 12.1. The van der Waals surface area contributed by atoms with Gasteiger partial charge in [-0.3, -0.25) is 0 Å². The Kier molecular flexibility index (Phi) is 4.53. The van der Waals surface area contributed by atoms with Gasteiger partial charge in [0.05, 0.1) is 19.8 Å². The molecule has 0 aromatic heterocycles. The Bertz CT molecular complexity index is 628. The highest BCUT2D eigenvalue weighted by Gasteiger charge is 2.11. The molecule has 0 unspecified atom stereocenters. The Labute approximate surface area is 121 Å². The summed E-state index contributed by atoms with van der Waals surface area (Å²) in [6.45, 7) is 0. The average Bonchev–Trinajstić information content (AvgIpc) is 2.48. The van der Waals surface area contributed by atoms with Crippen molar-refractivity contribution in [2.75, 3.05) is 20.0 Å². The molecule has 104 valence electrons. The summed E-state index contributed by atoms with van der Waals surface area (Å²) in [7, 11) is 2.96. The van der Waals surface area contributed by atoms with Gasteiger partial charge in [-0.1, -0.05) is 17.8 Å². The maximum atomic E-state index is 11.6. The molecule has 2 aromatic carbocycles. The second kappa shape index (κ2) is 6.34. The summed E-state index contributed by atoms with van der Waals surface area (Å²) in [6.07, 6.45) is 0. The minimum Gasteiger partial charge on any atom is -0.497 e. The van der Waals surface area contributed by atoms with Crippen molar-refractivity contribution in [1.82, 2.24) is 0 Å². The molecule has 0 saturated heterocycles. The van der Waals surface area contributed by atoms with Crippen LogP contribution in [0.1, 0.15) is 10.4 Å². The number of carbonyl (C=O) groups excluding carboxylic acids is 1. The van der Waals surface area contributed by atoms with E-state index in [0.29, 0.717) is 11.3 Å². The SMILES string of the molecule is COC(=O)c1cc(Sc2cccc(OC)c2)ccc1N. The summed E-state index contributed by atoms with van der Waals surface area (Å²) in [5.41, 5.74) is 6.56. The third-order valence-electron chi connectivity index (χ3n) is 2.71. The molecule has 0 spiro atoms. The Balaban J connectivity index is 2.27. The van der Waals surface area contributed by atoms with Gasteiger partial charge in [0.2, 0.25) is 0 Å². The smallest absolute Gasteiger partial charge is 0.339 e. The standard InChI is InChI=1S/C15H15NO3S/c1-18-10-4-3-5-11(8-10)20-12-6-7-14(16)13(9-12)15(17)19-2/h3-9H,16H2,1-2H3. The van der Waals surface area contributed by atoms with Gasteiger partial charge >= 0.3 is 5.97 Å². The van der Waals surface area contributed by atoms with Crippen LogP contribution in [0.3, 0.4) is 0 Å². The van der Waals surface area contributed by atoms with E-state index in [1.54, 1.807) is 19.2 Å². The average molecular weight is 289 g/mol. The molecular formula is C15H15NO3S. The van der Waals surface area contributed by atoms with Crippen LogP contribution in [0.4, 0.5) is 5.69 Å². The Morgan fingerprint density at radius 3 is 2.55 bits per heavy atom. The molecule has 20 heavy (non-hydrogen) atoms. The van der Waals surface area contributed by atoms with Gasteiger partial charge in [0, 0.05) is 15.5 Å². The molecule has 2 N–H and O–H groups in total. The highest BCUT2D eigenvalue weighted by molar-refractivity contribution is 7.99. The number of nitrogens with two attached hydrogens (primary N) is 1. The van der Waals surface area contributed by atoms with Crippen molar-refractivity contribution in [3.8, 4) is 5.75 Å². The van der Waals surface area contributed by atoms with Gasteiger partial charge in [-0.05, 0) is 36.4 Å². The second-order valence-electron chi connectivity index (χ2n) is 4.02. The lowest BCUT2D eigenvalue weighted by molar-refractivity contribution is 0.0601. The monoisotopic (exact) mass is 289 g/mol. The lowest BCUT2D eigenvalue weighted by atomic mass is 10.2. The summed E-state index contributed by atoms with van der Waals surface area (Å²) >= 11 is 1.52. The molecule has 0 saturated carbocycles. The number of nitrogen functional groups attached to an aromatic ring is 1. The predicted molar refractivity (Wildman–Crippen MR) is 79.3 cm³/mol. The van der Waals surface area contributed by atoms with Crippen LogP contribution in [-0.2, 0) is 4.74 Å². The van der Waals surface area contributed by atoms with E-state index in [-0.39, 0.29) is 0 Å². The van der Waals surface area contributed by atoms with Crippen LogP contribution in [0.25, 0.3) is 0 Å². The number of ether oxygens (including phenoxy) is 2. The molecule has 0 heterocycles. The number of carbonyl (C=O) groups is 1. The number of rotatable bonds is 4. The minimum atomic E-state index is -0.435. The van der Waals surface area contributed by atoms with Crippen molar-refractivity contribution in [2.24, 2.45) is 0 Å². The van der Waals surface area contributed by atoms with Crippen molar-refractivity contribution in [1.29, 1.82) is 0 Å². The Morgan fingerprint density at radius 2 is 1.85 bits per heavy atom. The van der Waals surface area contributed by atoms with Crippen molar-refractivity contribution >= 4 is 23.4 Å². The topological polar surface area (TPSA) is 61.5 Å². The van der Waals surface area contributed by atoms with E-state index in [0.717, 1.165) is 15.5 Å². The highest BCUT2D eigenvalue weighted by Crippen LogP contribution is 2.31. The van der Waals surface area contributed by atoms with E-state index >= 15 is 0 Å². The number of methoxy groups -OCH3 is 2. The molecule has 4 nitrogen and oxygen atoms in total. The van der Waals surface area contributed by atoms with Gasteiger partial charge in [-0.15, -0.1) is 0 Å². The van der Waals surface area contributed by atoms with Gasteiger partial charge in [0.1, 0.15) is 5.75 Å². The maximum absolute atomic E-state index is 11.6. The molecule has 5 heteroatoms. The fourth-order valence-electron chi connectivity index (χ4n) is 1.69. The van der Waals surface area contributed by atoms with E-state index < -0.39 is 5.97 Å². The third-order valence-corrected chi connectivity index (χ3v) is 3.69. The molecule has 2 aromatic rings. The molecule has 0 aliphatic heterocycles. The molecule has 0 aliphatic carbocycles. The van der Waals surface area contributed by atoms with Crippen LogP contribution < -0.4 is 10.5 Å². The molecule has 2 rings (SSSR count). The fraction of sp³-hybridized carbons (Fsp3) is 0.133. The lowest BCUT2D eigenvalue weighted by Crippen LogP contribution is -2.05. The van der Waals surface area contributed by atoms with Gasteiger partial charge in [-0.2, -0.15) is 0 Å². The van der Waals surface area contributed by atoms with Crippen LogP contribution >= 0.6 is 11.8 Å². The van der Waals surface area contributed by atoms with Crippen molar-refractivity contribution < 1.29 is 14.3 Å². The molecule has 0 radical (unpaired) electrons. The first-order valence-electron chi connectivity index (χ1n) is 5.94. The lowest BCUT2D eigenvalue weighted by Gasteiger charge is -2.08. The first-order valence-corrected chi connectivity index (χ1v) is 6.75. The Hall–Kier alpha value is -2.14. The first kappa shape index (κ1) is 14.3. The van der Waals surface area contributed by atoms with E-state index in [1.165, 1.54) is 18.9 Å². The predicted octanol–water partition coefficient (Wildman–Crippen LogP) is 3.22. The molecular weight excluding hydrogens is 274 g/mol. The third kappa shape index (κ3) is 3.24. The zero-order valence-electron chi connectivity index (χ0n) is 11.3. The van der Waals surface area contributed by atoms with Gasteiger partial charge in [0.25, 0.3) is 0 Å². The second-order valence-corrected chi connectivity index (χ2v) is 5.17. The normalized spacial score (nSPS) is 10.1. The number of hydrogen-bond donors (Lipinski definition) is 1. The number of benzene rings is 2. The Morgan fingerprint density at radius 1 is 1.10 bits per heavy atom. The molecule has 0 aliphatic rings. The van der Waals surface area contributed by atoms with E-state index in [2.05, 4.69) is 0 Å². The summed E-state index contributed by atoms with van der Waals surface area (Å²) in [4.78, 5) is 13.5. The van der Waals surface area contributed by atoms with Crippen LogP contribution in [0.5, 0.6) is 5.75 Å². The summed E-state index contributed by atoms with van der Waals surface area (Å²) in [5, 5.41) is 0. The minimum absolute atomic E-state index is 0.375. The van der Waals surface area contributed by atoms with Crippen molar-refractivity contribution in [3.05, 3.63) is 48.0 Å². The summed E-state index contributed by atoms with van der Waals surface area (Å²) in [6, 6.07) is 13.0. The first-order chi connectivity index (χ1) is 9.63. The molecule has 0 fully saturated rings. The van der Waals surface area contributed by atoms with Crippen LogP contribution in [0.15, 0.2) is 52.3 Å². The van der Waals surface area contributed by atoms with Crippen molar-refractivity contribution in [2.45, 2.75) is 9.79 Å². The summed E-state index contributed by atoms with van der Waals surface area (Å²) in [5.74, 6) is 0.356. The maximum Gasteiger partial charge on any atom is 0.339 e. The fourth-order valence-corrected chi connectivity index (χ4v) is 2.59. The van der Waals surface area contributed by atoms with Gasteiger partial charge in [0.15, 0.2) is 0 Å².